The van der Waals surface area contributed by atoms with Crippen molar-refractivity contribution in [2.75, 3.05) is 0 Å². The third-order valence-electron chi connectivity index (χ3n) is 1.76. The molecule has 64 valence electrons. The molecular weight excluding hydrogens is 156 g/mol. The molecule has 0 bridgehead atoms. The van der Waals surface area contributed by atoms with Crippen LogP contribution in [0.3, 0.4) is 0 Å². The van der Waals surface area contributed by atoms with E-state index in [0.717, 1.165) is 12.5 Å². The van der Waals surface area contributed by atoms with Gasteiger partial charge in [-0.1, -0.05) is 19.1 Å². The summed E-state index contributed by atoms with van der Waals surface area (Å²) in [6, 6.07) is 1.03. The minimum atomic E-state index is -1.24. The number of carbonyl (C=O) groups is 1. The molecule has 0 rings (SSSR count). The molecule has 3 heteroatoms. The lowest BCUT2D eigenvalue weighted by molar-refractivity contribution is -0.137. The highest BCUT2D eigenvalue weighted by atomic mass is 28.3. The van der Waals surface area contributed by atoms with Crippen molar-refractivity contribution in [3.05, 3.63) is 12.3 Å². The van der Waals surface area contributed by atoms with Gasteiger partial charge in [0.1, 0.15) is 0 Å². The van der Waals surface area contributed by atoms with Crippen LogP contribution in [0.2, 0.25) is 19.1 Å². The molecule has 0 fully saturated rings. The summed E-state index contributed by atoms with van der Waals surface area (Å²) >= 11 is 0. The third-order valence-corrected chi connectivity index (χ3v) is 4.51. The number of hydrogen-bond donors (Lipinski definition) is 1. The molecule has 0 aromatic heterocycles. The second-order valence-corrected chi connectivity index (χ2v) is 8.33. The molecule has 0 aliphatic carbocycles. The van der Waals surface area contributed by atoms with Gasteiger partial charge in [-0.25, -0.2) is 0 Å². The van der Waals surface area contributed by atoms with Gasteiger partial charge < -0.3 is 5.11 Å². The van der Waals surface area contributed by atoms with E-state index in [1.807, 2.05) is 5.70 Å². The number of aliphatic carboxylic acids is 1. The molecule has 0 spiro atoms. The lowest BCUT2D eigenvalue weighted by Crippen LogP contribution is -2.21. The summed E-state index contributed by atoms with van der Waals surface area (Å²) in [4.78, 5) is 10.2. The Bertz CT molecular complexity index is 152. The number of carboxylic acids is 1. The smallest absolute Gasteiger partial charge is 0.303 e. The summed E-state index contributed by atoms with van der Waals surface area (Å²) in [5.41, 5.74) is 2.01. The van der Waals surface area contributed by atoms with E-state index >= 15 is 0 Å². The molecule has 11 heavy (non-hydrogen) atoms. The zero-order valence-corrected chi connectivity index (χ0v) is 8.26. The van der Waals surface area contributed by atoms with E-state index in [0.29, 0.717) is 6.42 Å². The quantitative estimate of drug-likeness (QED) is 0.646. The molecular formula is C8H16O2Si. The van der Waals surface area contributed by atoms with E-state index in [4.69, 9.17) is 5.11 Å². The Kier molecular flexibility index (Phi) is 4.11. The SMILES string of the molecule is C=C[Si](C)(C)CCCC(=O)O. The van der Waals surface area contributed by atoms with Crippen molar-refractivity contribution in [3.63, 3.8) is 0 Å². The lowest BCUT2D eigenvalue weighted by atomic mass is 10.3. The average Bonchev–Trinajstić information content (AvgIpc) is 1.87. The zero-order valence-electron chi connectivity index (χ0n) is 7.26. The van der Waals surface area contributed by atoms with Crippen LogP contribution in [-0.4, -0.2) is 19.1 Å². The Labute approximate surface area is 68.9 Å². The minimum Gasteiger partial charge on any atom is -0.481 e. The van der Waals surface area contributed by atoms with E-state index < -0.39 is 14.0 Å². The number of carboxylic acid groups (broad SMARTS) is 1. The van der Waals surface area contributed by atoms with Crippen LogP contribution in [-0.2, 0) is 4.79 Å². The highest BCUT2D eigenvalue weighted by Gasteiger charge is 2.15. The van der Waals surface area contributed by atoms with E-state index in [-0.39, 0.29) is 0 Å². The monoisotopic (exact) mass is 172 g/mol. The van der Waals surface area contributed by atoms with E-state index in [1.54, 1.807) is 0 Å². The molecule has 0 saturated heterocycles. The fourth-order valence-electron chi connectivity index (χ4n) is 0.797. The number of rotatable bonds is 5. The normalized spacial score (nSPS) is 11.1. The van der Waals surface area contributed by atoms with Crippen LogP contribution in [0.1, 0.15) is 12.8 Å². The van der Waals surface area contributed by atoms with Gasteiger partial charge in [-0.05, 0) is 6.42 Å². The molecule has 0 saturated carbocycles. The van der Waals surface area contributed by atoms with Crippen LogP contribution < -0.4 is 0 Å². The van der Waals surface area contributed by atoms with Crippen molar-refractivity contribution in [1.29, 1.82) is 0 Å². The molecule has 0 aliphatic heterocycles. The fourth-order valence-corrected chi connectivity index (χ4v) is 2.09. The summed E-state index contributed by atoms with van der Waals surface area (Å²) in [5.74, 6) is -0.695. The molecule has 0 aromatic carbocycles. The highest BCUT2D eigenvalue weighted by Crippen LogP contribution is 2.13. The van der Waals surface area contributed by atoms with Crippen LogP contribution in [0.15, 0.2) is 12.3 Å². The van der Waals surface area contributed by atoms with Gasteiger partial charge in [-0.2, -0.15) is 0 Å². The molecule has 0 heterocycles. The molecule has 0 amide bonds. The predicted molar refractivity (Wildman–Crippen MR) is 49.4 cm³/mol. The largest absolute Gasteiger partial charge is 0.481 e. The lowest BCUT2D eigenvalue weighted by Gasteiger charge is -2.15. The molecule has 0 aromatic rings. The predicted octanol–water partition coefficient (Wildman–Crippen LogP) is 2.28. The Morgan fingerprint density at radius 1 is 1.64 bits per heavy atom. The van der Waals surface area contributed by atoms with Crippen LogP contribution in [0.5, 0.6) is 0 Å². The minimum absolute atomic E-state index is 0.296. The first-order chi connectivity index (χ1) is 4.98. The molecule has 2 nitrogen and oxygen atoms in total. The van der Waals surface area contributed by atoms with Crippen LogP contribution in [0.25, 0.3) is 0 Å². The fraction of sp³-hybridized carbons (Fsp3) is 0.625. The maximum atomic E-state index is 10.2. The first-order valence-electron chi connectivity index (χ1n) is 3.83. The van der Waals surface area contributed by atoms with Crippen molar-refractivity contribution in [2.45, 2.75) is 32.0 Å². The first kappa shape index (κ1) is 10.4. The van der Waals surface area contributed by atoms with Crippen molar-refractivity contribution >= 4 is 14.0 Å². The van der Waals surface area contributed by atoms with Crippen molar-refractivity contribution < 1.29 is 9.90 Å². The van der Waals surface area contributed by atoms with Gasteiger partial charge in [0.05, 0.1) is 8.07 Å². The maximum absolute atomic E-state index is 10.2. The summed E-state index contributed by atoms with van der Waals surface area (Å²) in [5, 5.41) is 8.37. The van der Waals surface area contributed by atoms with Gasteiger partial charge in [0, 0.05) is 6.42 Å². The van der Waals surface area contributed by atoms with Gasteiger partial charge in [-0.15, -0.1) is 12.3 Å². The summed E-state index contributed by atoms with van der Waals surface area (Å²) < 4.78 is 0. The Morgan fingerprint density at radius 2 is 2.18 bits per heavy atom. The summed E-state index contributed by atoms with van der Waals surface area (Å²) in [6.07, 6.45) is 1.09. The highest BCUT2D eigenvalue weighted by molar-refractivity contribution is 6.82. The van der Waals surface area contributed by atoms with Gasteiger partial charge >= 0.3 is 5.97 Å². The Balaban J connectivity index is 3.53. The molecule has 0 unspecified atom stereocenters. The Hall–Kier alpha value is -0.573. The third kappa shape index (κ3) is 5.85. The van der Waals surface area contributed by atoms with Gasteiger partial charge in [0.2, 0.25) is 0 Å². The van der Waals surface area contributed by atoms with E-state index in [2.05, 4.69) is 19.7 Å². The standard InChI is InChI=1S/C8H16O2Si/c1-4-11(2,3)7-5-6-8(9)10/h4H,1,5-7H2,2-3H3,(H,9,10). The van der Waals surface area contributed by atoms with Gasteiger partial charge in [0.15, 0.2) is 0 Å². The first-order valence-corrected chi connectivity index (χ1v) is 7.12. The van der Waals surface area contributed by atoms with Crippen LogP contribution in [0.4, 0.5) is 0 Å². The Morgan fingerprint density at radius 3 is 2.55 bits per heavy atom. The molecule has 0 radical (unpaired) electrons. The average molecular weight is 172 g/mol. The van der Waals surface area contributed by atoms with Crippen molar-refractivity contribution in [1.82, 2.24) is 0 Å². The van der Waals surface area contributed by atoms with Gasteiger partial charge in [-0.3, -0.25) is 4.79 Å². The van der Waals surface area contributed by atoms with Crippen LogP contribution in [0, 0.1) is 0 Å². The van der Waals surface area contributed by atoms with E-state index in [1.165, 1.54) is 0 Å². The van der Waals surface area contributed by atoms with Gasteiger partial charge in [0.25, 0.3) is 0 Å². The van der Waals surface area contributed by atoms with Crippen LogP contribution >= 0.6 is 0 Å². The number of hydrogen-bond acceptors (Lipinski definition) is 1. The second kappa shape index (κ2) is 4.33. The second-order valence-electron chi connectivity index (χ2n) is 3.44. The molecule has 1 N–H and O–H groups in total. The topological polar surface area (TPSA) is 37.3 Å². The van der Waals surface area contributed by atoms with Crippen molar-refractivity contribution in [3.8, 4) is 0 Å². The summed E-state index contributed by atoms with van der Waals surface area (Å²) in [7, 11) is -1.24. The molecule has 0 aliphatic rings. The maximum Gasteiger partial charge on any atom is 0.303 e. The zero-order chi connectivity index (χ0) is 8.91. The van der Waals surface area contributed by atoms with E-state index in [9.17, 15) is 4.79 Å². The molecule has 0 atom stereocenters. The summed E-state index contributed by atoms with van der Waals surface area (Å²) in [6.45, 7) is 8.14. The van der Waals surface area contributed by atoms with Crippen molar-refractivity contribution in [2.24, 2.45) is 0 Å².